The van der Waals surface area contributed by atoms with Crippen LogP contribution in [0.3, 0.4) is 0 Å². The molecule has 1 aromatic carbocycles. The molecule has 0 spiro atoms. The fraction of sp³-hybridized carbons (Fsp3) is 0.476. The second kappa shape index (κ2) is 6.95. The van der Waals surface area contributed by atoms with E-state index in [4.69, 9.17) is 9.15 Å². The first-order chi connectivity index (χ1) is 12.4. The zero-order chi connectivity index (χ0) is 18.9. The molecule has 5 heteroatoms. The molecule has 0 radical (unpaired) electrons. The predicted octanol–water partition coefficient (Wildman–Crippen LogP) is 4.35. The number of aryl methyl sites for hydroxylation is 1. The van der Waals surface area contributed by atoms with E-state index < -0.39 is 17.0 Å². The van der Waals surface area contributed by atoms with Gasteiger partial charge in [0.1, 0.15) is 12.2 Å². The van der Waals surface area contributed by atoms with Gasteiger partial charge in [0.2, 0.25) is 0 Å². The molecule has 0 atom stereocenters. The third-order valence-corrected chi connectivity index (χ3v) is 5.26. The molecule has 3 rings (SSSR count). The van der Waals surface area contributed by atoms with Crippen LogP contribution >= 0.6 is 0 Å². The fourth-order valence-electron chi connectivity index (χ4n) is 3.75. The normalized spacial score (nSPS) is 16.0. The number of hydrogen-bond donors (Lipinski definition) is 0. The van der Waals surface area contributed by atoms with E-state index >= 15 is 0 Å². The standard InChI is InChI=1S/C21H23NO4/c1-13(2)16-10-17-15(9-19(23)26-18(17)8-14(16)3)11-25-20(24)21(12-22)6-4-5-7-21/h8-10,13H,4-7,11H2,1-3H3. The molecule has 136 valence electrons. The highest BCUT2D eigenvalue weighted by Gasteiger charge is 2.43. The summed E-state index contributed by atoms with van der Waals surface area (Å²) < 4.78 is 10.8. The van der Waals surface area contributed by atoms with E-state index in [9.17, 15) is 14.9 Å². The zero-order valence-corrected chi connectivity index (χ0v) is 15.4. The molecule has 1 fully saturated rings. The Hall–Kier alpha value is -2.61. The van der Waals surface area contributed by atoms with E-state index in [1.54, 1.807) is 0 Å². The molecule has 1 heterocycles. The van der Waals surface area contributed by atoms with Crippen LogP contribution in [0, 0.1) is 23.7 Å². The molecule has 1 aliphatic carbocycles. The highest BCUT2D eigenvalue weighted by atomic mass is 16.5. The molecule has 1 aromatic heterocycles. The maximum atomic E-state index is 12.5. The summed E-state index contributed by atoms with van der Waals surface area (Å²) in [5, 5.41) is 10.2. The molecule has 1 saturated carbocycles. The van der Waals surface area contributed by atoms with Crippen molar-refractivity contribution < 1.29 is 13.9 Å². The van der Waals surface area contributed by atoms with Crippen LogP contribution in [0.5, 0.6) is 0 Å². The van der Waals surface area contributed by atoms with Crippen LogP contribution in [-0.2, 0) is 16.1 Å². The fourth-order valence-corrected chi connectivity index (χ4v) is 3.75. The second-order valence-electron chi connectivity index (χ2n) is 7.43. The van der Waals surface area contributed by atoms with E-state index in [0.717, 1.165) is 29.4 Å². The Morgan fingerprint density at radius 3 is 2.62 bits per heavy atom. The number of rotatable bonds is 4. The molecule has 0 unspecified atom stereocenters. The van der Waals surface area contributed by atoms with Crippen LogP contribution in [-0.4, -0.2) is 5.97 Å². The monoisotopic (exact) mass is 353 g/mol. The number of esters is 1. The minimum atomic E-state index is -1.03. The number of carbonyl (C=O) groups is 1. The van der Waals surface area contributed by atoms with Crippen molar-refractivity contribution in [1.29, 1.82) is 5.26 Å². The SMILES string of the molecule is Cc1cc2oc(=O)cc(COC(=O)C3(C#N)CCCC3)c2cc1C(C)C. The van der Waals surface area contributed by atoms with Crippen molar-refractivity contribution in [2.45, 2.75) is 59.0 Å². The summed E-state index contributed by atoms with van der Waals surface area (Å²) in [5.74, 6) is -0.169. The van der Waals surface area contributed by atoms with Gasteiger partial charge in [-0.2, -0.15) is 5.26 Å². The second-order valence-corrected chi connectivity index (χ2v) is 7.43. The molecular weight excluding hydrogens is 330 g/mol. The minimum Gasteiger partial charge on any atom is -0.460 e. The van der Waals surface area contributed by atoms with E-state index in [1.165, 1.54) is 6.07 Å². The smallest absolute Gasteiger partial charge is 0.336 e. The first kappa shape index (κ1) is 18.2. The summed E-state index contributed by atoms with van der Waals surface area (Å²) in [7, 11) is 0. The van der Waals surface area contributed by atoms with Crippen molar-refractivity contribution in [3.05, 3.63) is 45.3 Å². The Bertz CT molecular complexity index is 943. The molecule has 5 nitrogen and oxygen atoms in total. The van der Waals surface area contributed by atoms with Crippen LogP contribution in [0.15, 0.2) is 27.4 Å². The number of ether oxygens (including phenoxy) is 1. The van der Waals surface area contributed by atoms with E-state index in [2.05, 4.69) is 19.9 Å². The van der Waals surface area contributed by atoms with Crippen molar-refractivity contribution >= 4 is 16.9 Å². The van der Waals surface area contributed by atoms with Crippen LogP contribution in [0.4, 0.5) is 0 Å². The Balaban J connectivity index is 1.94. The van der Waals surface area contributed by atoms with Gasteiger partial charge in [0.25, 0.3) is 0 Å². The van der Waals surface area contributed by atoms with Gasteiger partial charge in [-0.15, -0.1) is 0 Å². The lowest BCUT2D eigenvalue weighted by molar-refractivity contribution is -0.153. The highest BCUT2D eigenvalue weighted by molar-refractivity contribution is 5.83. The number of hydrogen-bond acceptors (Lipinski definition) is 5. The van der Waals surface area contributed by atoms with Crippen molar-refractivity contribution in [2.24, 2.45) is 5.41 Å². The van der Waals surface area contributed by atoms with Crippen molar-refractivity contribution in [1.82, 2.24) is 0 Å². The predicted molar refractivity (Wildman–Crippen MR) is 97.6 cm³/mol. The van der Waals surface area contributed by atoms with Gasteiger partial charge in [-0.05, 0) is 48.9 Å². The quantitative estimate of drug-likeness (QED) is 0.603. The van der Waals surface area contributed by atoms with Gasteiger partial charge in [0.05, 0.1) is 6.07 Å². The molecule has 0 aliphatic heterocycles. The molecule has 1 aliphatic rings. The van der Waals surface area contributed by atoms with Gasteiger partial charge in [-0.1, -0.05) is 26.7 Å². The van der Waals surface area contributed by atoms with Crippen LogP contribution in [0.2, 0.25) is 0 Å². The lowest BCUT2D eigenvalue weighted by Crippen LogP contribution is -2.28. The van der Waals surface area contributed by atoms with Gasteiger partial charge < -0.3 is 9.15 Å². The molecule has 0 bridgehead atoms. The van der Waals surface area contributed by atoms with Crippen LogP contribution in [0.25, 0.3) is 11.0 Å². The first-order valence-corrected chi connectivity index (χ1v) is 9.02. The Labute approximate surface area is 152 Å². The zero-order valence-electron chi connectivity index (χ0n) is 15.4. The number of carbonyl (C=O) groups excluding carboxylic acids is 1. The molecule has 0 saturated heterocycles. The lowest BCUT2D eigenvalue weighted by atomic mass is 9.88. The van der Waals surface area contributed by atoms with Crippen LogP contribution < -0.4 is 5.63 Å². The number of benzene rings is 1. The third kappa shape index (κ3) is 3.24. The molecule has 26 heavy (non-hydrogen) atoms. The van der Waals surface area contributed by atoms with E-state index in [0.29, 0.717) is 29.9 Å². The molecular formula is C21H23NO4. The lowest BCUT2D eigenvalue weighted by Gasteiger charge is -2.18. The average Bonchev–Trinajstić information content (AvgIpc) is 3.08. The van der Waals surface area contributed by atoms with Gasteiger partial charge in [0.15, 0.2) is 5.41 Å². The van der Waals surface area contributed by atoms with Crippen molar-refractivity contribution in [3.8, 4) is 6.07 Å². The first-order valence-electron chi connectivity index (χ1n) is 9.02. The number of fused-ring (bicyclic) bond motifs is 1. The highest BCUT2D eigenvalue weighted by Crippen LogP contribution is 2.39. The average molecular weight is 353 g/mol. The van der Waals surface area contributed by atoms with Crippen molar-refractivity contribution in [3.63, 3.8) is 0 Å². The summed E-state index contributed by atoms with van der Waals surface area (Å²) in [6.45, 7) is 6.15. The number of nitriles is 1. The maximum Gasteiger partial charge on any atom is 0.336 e. The summed E-state index contributed by atoms with van der Waals surface area (Å²) in [6, 6.07) is 7.35. The number of nitrogens with zero attached hydrogens (tertiary/aromatic N) is 1. The Morgan fingerprint density at radius 2 is 2.00 bits per heavy atom. The largest absolute Gasteiger partial charge is 0.460 e. The van der Waals surface area contributed by atoms with Gasteiger partial charge >= 0.3 is 11.6 Å². The summed E-state index contributed by atoms with van der Waals surface area (Å²) >= 11 is 0. The third-order valence-electron chi connectivity index (χ3n) is 5.26. The van der Waals surface area contributed by atoms with Crippen LogP contribution in [0.1, 0.15) is 62.1 Å². The molecule has 2 aromatic rings. The maximum absolute atomic E-state index is 12.5. The summed E-state index contributed by atoms with van der Waals surface area (Å²) in [6.07, 6.45) is 2.79. The minimum absolute atomic E-state index is 0.0367. The Morgan fingerprint density at radius 1 is 1.31 bits per heavy atom. The topological polar surface area (TPSA) is 80.3 Å². The van der Waals surface area contributed by atoms with Gasteiger partial charge in [-0.3, -0.25) is 4.79 Å². The van der Waals surface area contributed by atoms with Gasteiger partial charge in [0, 0.05) is 17.0 Å². The summed E-state index contributed by atoms with van der Waals surface area (Å²) in [4.78, 5) is 24.4. The van der Waals surface area contributed by atoms with Gasteiger partial charge in [-0.25, -0.2) is 4.79 Å². The van der Waals surface area contributed by atoms with E-state index in [-0.39, 0.29) is 6.61 Å². The van der Waals surface area contributed by atoms with E-state index in [1.807, 2.05) is 19.1 Å². The Kier molecular flexibility index (Phi) is 4.86. The van der Waals surface area contributed by atoms with Crippen molar-refractivity contribution in [2.75, 3.05) is 0 Å². The summed E-state index contributed by atoms with van der Waals surface area (Å²) in [5.41, 5.74) is 1.80. The molecule has 0 amide bonds. The molecule has 0 N–H and O–H groups in total.